The minimum absolute atomic E-state index is 0.101. The molecule has 164 valence electrons. The number of rotatable bonds is 5. The van der Waals surface area contributed by atoms with Crippen molar-refractivity contribution < 1.29 is 9.84 Å². The zero-order valence-electron chi connectivity index (χ0n) is 18.7. The van der Waals surface area contributed by atoms with Gasteiger partial charge in [0.25, 0.3) is 0 Å². The number of anilines is 1. The number of benzene rings is 2. The fourth-order valence-electron chi connectivity index (χ4n) is 4.69. The lowest BCUT2D eigenvalue weighted by Crippen LogP contribution is -2.32. The van der Waals surface area contributed by atoms with Gasteiger partial charge in [0.15, 0.2) is 5.65 Å². The molecule has 6 heteroatoms. The maximum absolute atomic E-state index is 9.92. The van der Waals surface area contributed by atoms with Crippen LogP contribution in [0.2, 0.25) is 0 Å². The van der Waals surface area contributed by atoms with Crippen molar-refractivity contribution >= 4 is 11.5 Å². The molecule has 6 nitrogen and oxygen atoms in total. The van der Waals surface area contributed by atoms with Gasteiger partial charge >= 0.3 is 0 Å². The molecule has 2 aromatic carbocycles. The molecule has 0 amide bonds. The number of aliphatic hydroxyl groups is 1. The number of aromatic nitrogens is 3. The molecule has 1 aliphatic rings. The number of nitrogens with zero attached hydrogens (tertiary/aromatic N) is 4. The van der Waals surface area contributed by atoms with E-state index in [2.05, 4.69) is 54.3 Å². The van der Waals surface area contributed by atoms with Crippen molar-refractivity contribution in [3.05, 3.63) is 65.9 Å². The van der Waals surface area contributed by atoms with Crippen molar-refractivity contribution in [1.82, 2.24) is 14.6 Å². The second-order valence-electron chi connectivity index (χ2n) is 8.47. The quantitative estimate of drug-likeness (QED) is 0.501. The van der Waals surface area contributed by atoms with Gasteiger partial charge in [-0.05, 0) is 50.5 Å². The van der Waals surface area contributed by atoms with Gasteiger partial charge in [-0.1, -0.05) is 35.9 Å². The zero-order chi connectivity index (χ0) is 22.2. The molecule has 3 heterocycles. The van der Waals surface area contributed by atoms with E-state index >= 15 is 0 Å². The predicted octanol–water partition coefficient (Wildman–Crippen LogP) is 4.65. The van der Waals surface area contributed by atoms with Crippen molar-refractivity contribution in [2.45, 2.75) is 32.7 Å². The molecule has 32 heavy (non-hydrogen) atoms. The average molecular weight is 429 g/mol. The van der Waals surface area contributed by atoms with E-state index in [0.29, 0.717) is 0 Å². The van der Waals surface area contributed by atoms with Crippen molar-refractivity contribution in [3.8, 4) is 28.1 Å². The summed E-state index contributed by atoms with van der Waals surface area (Å²) in [6, 6.07) is 18.7. The largest absolute Gasteiger partial charge is 0.497 e. The first kappa shape index (κ1) is 20.5. The highest BCUT2D eigenvalue weighted by molar-refractivity contribution is 5.83. The number of methoxy groups -OCH3 is 1. The molecule has 0 spiro atoms. The van der Waals surface area contributed by atoms with Crippen LogP contribution in [-0.2, 0) is 0 Å². The molecule has 1 saturated heterocycles. The van der Waals surface area contributed by atoms with Gasteiger partial charge in [-0.15, -0.1) is 0 Å². The highest BCUT2D eigenvalue weighted by atomic mass is 16.5. The number of ether oxygens (including phenoxy) is 1. The minimum atomic E-state index is 0.101. The average Bonchev–Trinajstić information content (AvgIpc) is 3.42. The highest BCUT2D eigenvalue weighted by Crippen LogP contribution is 2.35. The molecule has 5 rings (SSSR count). The maximum atomic E-state index is 9.92. The number of aliphatic hydroxyl groups excluding tert-OH is 1. The number of hydrogen-bond donors (Lipinski definition) is 1. The van der Waals surface area contributed by atoms with E-state index in [4.69, 9.17) is 14.8 Å². The summed E-state index contributed by atoms with van der Waals surface area (Å²) in [5, 5.41) is 14.8. The lowest BCUT2D eigenvalue weighted by atomic mass is 10.1. The summed E-state index contributed by atoms with van der Waals surface area (Å²) in [4.78, 5) is 7.32. The van der Waals surface area contributed by atoms with E-state index in [0.717, 1.165) is 64.7 Å². The summed E-state index contributed by atoms with van der Waals surface area (Å²) in [6.45, 7) is 5.16. The van der Waals surface area contributed by atoms with Gasteiger partial charge < -0.3 is 14.7 Å². The molecule has 0 aliphatic carbocycles. The Morgan fingerprint density at radius 2 is 1.88 bits per heavy atom. The van der Waals surface area contributed by atoms with Crippen molar-refractivity contribution in [3.63, 3.8) is 0 Å². The predicted molar refractivity (Wildman–Crippen MR) is 127 cm³/mol. The SMILES string of the molecule is COc1ccc(-c2c(C)nn3c(-c4cccc(C)c4)cc(N4CCC[C@H]4CO)nc23)cc1. The summed E-state index contributed by atoms with van der Waals surface area (Å²) in [7, 11) is 1.67. The Morgan fingerprint density at radius 1 is 1.06 bits per heavy atom. The first-order chi connectivity index (χ1) is 15.6. The summed E-state index contributed by atoms with van der Waals surface area (Å²) in [6.07, 6.45) is 2.04. The summed E-state index contributed by atoms with van der Waals surface area (Å²) in [5.74, 6) is 1.71. The molecular formula is C26H28N4O2. The normalized spacial score (nSPS) is 16.1. The van der Waals surface area contributed by atoms with Crippen molar-refractivity contribution in [1.29, 1.82) is 0 Å². The third kappa shape index (κ3) is 3.50. The van der Waals surface area contributed by atoms with Crippen LogP contribution in [-0.4, -0.2) is 46.0 Å². The van der Waals surface area contributed by atoms with E-state index in [1.807, 2.05) is 23.6 Å². The molecular weight excluding hydrogens is 400 g/mol. The molecule has 0 radical (unpaired) electrons. The summed E-state index contributed by atoms with van der Waals surface area (Å²) < 4.78 is 7.29. The van der Waals surface area contributed by atoms with Crippen LogP contribution in [0.15, 0.2) is 54.6 Å². The molecule has 4 aromatic rings. The van der Waals surface area contributed by atoms with E-state index in [1.165, 1.54) is 5.56 Å². The summed E-state index contributed by atoms with van der Waals surface area (Å²) in [5.41, 5.74) is 7.12. The third-order valence-electron chi connectivity index (χ3n) is 6.33. The minimum Gasteiger partial charge on any atom is -0.497 e. The van der Waals surface area contributed by atoms with Crippen LogP contribution in [0.1, 0.15) is 24.1 Å². The Labute approximate surface area is 188 Å². The topological polar surface area (TPSA) is 62.9 Å². The molecule has 1 N–H and O–H groups in total. The lowest BCUT2D eigenvalue weighted by Gasteiger charge is -2.25. The molecule has 1 fully saturated rings. The van der Waals surface area contributed by atoms with Crippen LogP contribution in [0.25, 0.3) is 28.0 Å². The first-order valence-corrected chi connectivity index (χ1v) is 11.1. The van der Waals surface area contributed by atoms with Crippen LogP contribution in [0.4, 0.5) is 5.82 Å². The number of aryl methyl sites for hydroxylation is 2. The van der Waals surface area contributed by atoms with Gasteiger partial charge in [0, 0.05) is 23.7 Å². The van der Waals surface area contributed by atoms with E-state index < -0.39 is 0 Å². The maximum Gasteiger partial charge on any atom is 0.166 e. The fourth-order valence-corrected chi connectivity index (χ4v) is 4.69. The van der Waals surface area contributed by atoms with E-state index in [-0.39, 0.29) is 12.6 Å². The Morgan fingerprint density at radius 3 is 2.59 bits per heavy atom. The lowest BCUT2D eigenvalue weighted by molar-refractivity contribution is 0.266. The Kier molecular flexibility index (Phi) is 5.31. The second kappa shape index (κ2) is 8.28. The monoisotopic (exact) mass is 428 g/mol. The van der Waals surface area contributed by atoms with Crippen LogP contribution >= 0.6 is 0 Å². The number of fused-ring (bicyclic) bond motifs is 1. The molecule has 2 aromatic heterocycles. The van der Waals surface area contributed by atoms with E-state index in [1.54, 1.807) is 7.11 Å². The summed E-state index contributed by atoms with van der Waals surface area (Å²) >= 11 is 0. The molecule has 0 unspecified atom stereocenters. The van der Waals surface area contributed by atoms with Gasteiger partial charge in [0.05, 0.1) is 31.1 Å². The standard InChI is InChI=1S/C26H28N4O2/c1-17-6-4-7-20(14-17)23-15-24(29-13-5-8-21(29)16-31)27-26-25(18(2)28-30(23)26)19-9-11-22(32-3)12-10-19/h4,6-7,9-12,14-15,21,31H,5,8,13,16H2,1-3H3/t21-/m0/s1. The van der Waals surface area contributed by atoms with Gasteiger partial charge in [0.2, 0.25) is 0 Å². The van der Waals surface area contributed by atoms with Crippen LogP contribution in [0.3, 0.4) is 0 Å². The molecule has 0 saturated carbocycles. The van der Waals surface area contributed by atoms with Gasteiger partial charge in [-0.25, -0.2) is 9.50 Å². The third-order valence-corrected chi connectivity index (χ3v) is 6.33. The van der Waals surface area contributed by atoms with Crippen molar-refractivity contribution in [2.24, 2.45) is 0 Å². The van der Waals surface area contributed by atoms with Gasteiger partial charge in [-0.2, -0.15) is 5.10 Å². The Balaban J connectivity index is 1.76. The molecule has 1 atom stereocenters. The smallest absolute Gasteiger partial charge is 0.166 e. The molecule has 1 aliphatic heterocycles. The van der Waals surface area contributed by atoms with Crippen LogP contribution in [0, 0.1) is 13.8 Å². The van der Waals surface area contributed by atoms with Crippen LogP contribution < -0.4 is 9.64 Å². The van der Waals surface area contributed by atoms with Gasteiger partial charge in [0.1, 0.15) is 11.6 Å². The fraction of sp³-hybridized carbons (Fsp3) is 0.308. The first-order valence-electron chi connectivity index (χ1n) is 11.1. The van der Waals surface area contributed by atoms with Crippen molar-refractivity contribution in [2.75, 3.05) is 25.2 Å². The van der Waals surface area contributed by atoms with Gasteiger partial charge in [-0.3, -0.25) is 0 Å². The van der Waals surface area contributed by atoms with E-state index in [9.17, 15) is 5.11 Å². The molecule has 0 bridgehead atoms. The Bertz CT molecular complexity index is 1260. The highest BCUT2D eigenvalue weighted by Gasteiger charge is 2.27. The zero-order valence-corrected chi connectivity index (χ0v) is 18.7. The number of hydrogen-bond acceptors (Lipinski definition) is 5. The Hall–Kier alpha value is -3.38. The second-order valence-corrected chi connectivity index (χ2v) is 8.47. The van der Waals surface area contributed by atoms with Crippen LogP contribution in [0.5, 0.6) is 5.75 Å².